The Bertz CT molecular complexity index is 679. The first-order valence-electron chi connectivity index (χ1n) is 6.17. The summed E-state index contributed by atoms with van der Waals surface area (Å²) in [5, 5.41) is 0. The molecule has 2 rings (SSSR count). The largest absolute Gasteiger partial charge is 0.456 e. The number of esters is 1. The summed E-state index contributed by atoms with van der Waals surface area (Å²) in [5.74, 6) is -0.367. The third kappa shape index (κ3) is 3.70. The van der Waals surface area contributed by atoms with Crippen molar-refractivity contribution in [2.75, 3.05) is 5.73 Å². The first-order valence-corrected chi connectivity index (χ1v) is 9.39. The van der Waals surface area contributed by atoms with Crippen molar-refractivity contribution in [3.63, 3.8) is 0 Å². The van der Waals surface area contributed by atoms with Crippen molar-refractivity contribution >= 4 is 66.2 Å². The zero-order valence-corrected chi connectivity index (χ0v) is 16.8. The summed E-state index contributed by atoms with van der Waals surface area (Å²) < 4.78 is 7.42. The van der Waals surface area contributed by atoms with Crippen LogP contribution in [0.15, 0.2) is 14.3 Å². The number of nitrogens with two attached hydrogens (primary N) is 1. The first kappa shape index (κ1) is 17.0. The lowest BCUT2D eigenvalue weighted by Crippen LogP contribution is -2.23. The standard InChI is InChI=1S/C14H15Br2NO2S2/c1-6-9(17)11(13(18)19-14(2,3)4)21-10(6)8-5-7(15)12(16)20-8/h5H,17H2,1-4H3. The van der Waals surface area contributed by atoms with Crippen molar-refractivity contribution in [3.8, 4) is 9.75 Å². The summed E-state index contributed by atoms with van der Waals surface area (Å²) >= 11 is 9.94. The van der Waals surface area contributed by atoms with Crippen LogP contribution in [-0.4, -0.2) is 11.6 Å². The molecular formula is C14H15Br2NO2S2. The van der Waals surface area contributed by atoms with E-state index in [1.165, 1.54) is 11.3 Å². The molecule has 0 atom stereocenters. The second-order valence-corrected chi connectivity index (χ2v) is 9.78. The van der Waals surface area contributed by atoms with Crippen LogP contribution >= 0.6 is 54.5 Å². The van der Waals surface area contributed by atoms with Crippen LogP contribution in [0, 0.1) is 6.92 Å². The number of thiophene rings is 2. The van der Waals surface area contributed by atoms with Gasteiger partial charge in [-0.2, -0.15) is 0 Å². The molecule has 0 bridgehead atoms. The number of rotatable bonds is 2. The Morgan fingerprint density at radius 2 is 1.90 bits per heavy atom. The van der Waals surface area contributed by atoms with E-state index in [1.54, 1.807) is 11.3 Å². The summed E-state index contributed by atoms with van der Waals surface area (Å²) in [7, 11) is 0. The summed E-state index contributed by atoms with van der Waals surface area (Å²) in [6.45, 7) is 7.46. The Hall–Kier alpha value is -0.370. The monoisotopic (exact) mass is 451 g/mol. The molecular weight excluding hydrogens is 438 g/mol. The third-order valence-corrected chi connectivity index (χ3v) is 7.37. The minimum absolute atomic E-state index is 0.367. The van der Waals surface area contributed by atoms with Gasteiger partial charge in [0.15, 0.2) is 0 Å². The van der Waals surface area contributed by atoms with E-state index in [0.717, 1.165) is 23.6 Å². The predicted octanol–water partition coefficient (Wildman–Crippen LogP) is 5.85. The highest BCUT2D eigenvalue weighted by Gasteiger charge is 2.25. The van der Waals surface area contributed by atoms with Gasteiger partial charge in [0.05, 0.1) is 14.4 Å². The predicted molar refractivity (Wildman–Crippen MR) is 97.3 cm³/mol. The number of halogens is 2. The van der Waals surface area contributed by atoms with Crippen LogP contribution in [0.4, 0.5) is 5.69 Å². The average Bonchev–Trinajstić information content (AvgIpc) is 2.80. The van der Waals surface area contributed by atoms with Gasteiger partial charge >= 0.3 is 5.97 Å². The maximum Gasteiger partial charge on any atom is 0.351 e. The van der Waals surface area contributed by atoms with Gasteiger partial charge in [0.25, 0.3) is 0 Å². The van der Waals surface area contributed by atoms with Crippen LogP contribution in [0.1, 0.15) is 36.0 Å². The van der Waals surface area contributed by atoms with Gasteiger partial charge in [-0.15, -0.1) is 22.7 Å². The molecule has 0 aliphatic carbocycles. The SMILES string of the molecule is Cc1c(-c2cc(Br)c(Br)s2)sc(C(=O)OC(C)(C)C)c1N. The van der Waals surface area contributed by atoms with Crippen molar-refractivity contribution in [1.82, 2.24) is 0 Å². The molecule has 0 saturated carbocycles. The van der Waals surface area contributed by atoms with E-state index in [9.17, 15) is 4.79 Å². The molecule has 2 aromatic heterocycles. The first-order chi connectivity index (χ1) is 9.60. The summed E-state index contributed by atoms with van der Waals surface area (Å²) in [6.07, 6.45) is 0. The Balaban J connectivity index is 2.43. The van der Waals surface area contributed by atoms with Crippen molar-refractivity contribution in [1.29, 1.82) is 0 Å². The molecule has 0 fully saturated rings. The van der Waals surface area contributed by atoms with E-state index >= 15 is 0 Å². The maximum atomic E-state index is 12.2. The van der Waals surface area contributed by atoms with Crippen LogP contribution in [0.2, 0.25) is 0 Å². The van der Waals surface area contributed by atoms with E-state index in [2.05, 4.69) is 31.9 Å². The molecule has 2 aromatic rings. The molecule has 114 valence electrons. The molecule has 2 heterocycles. The van der Waals surface area contributed by atoms with Crippen LogP contribution in [0.5, 0.6) is 0 Å². The molecule has 0 spiro atoms. The third-order valence-electron chi connectivity index (χ3n) is 2.65. The number of carbonyl (C=O) groups excluding carboxylic acids is 1. The van der Waals surface area contributed by atoms with Gasteiger partial charge in [-0.1, -0.05) is 0 Å². The quantitative estimate of drug-likeness (QED) is 0.581. The minimum Gasteiger partial charge on any atom is -0.456 e. The normalized spacial score (nSPS) is 11.7. The summed E-state index contributed by atoms with van der Waals surface area (Å²) in [6, 6.07) is 2.02. The molecule has 0 amide bonds. The fourth-order valence-corrected chi connectivity index (χ4v) is 4.99. The number of anilines is 1. The molecule has 0 radical (unpaired) electrons. The van der Waals surface area contributed by atoms with E-state index in [0.29, 0.717) is 10.6 Å². The fraction of sp³-hybridized carbons (Fsp3) is 0.357. The van der Waals surface area contributed by atoms with E-state index in [-0.39, 0.29) is 5.97 Å². The number of hydrogen-bond donors (Lipinski definition) is 1. The molecule has 0 aliphatic heterocycles. The van der Waals surface area contributed by atoms with Crippen molar-refractivity contribution in [2.24, 2.45) is 0 Å². The molecule has 0 aromatic carbocycles. The van der Waals surface area contributed by atoms with Crippen LogP contribution < -0.4 is 5.73 Å². The molecule has 0 saturated heterocycles. The maximum absolute atomic E-state index is 12.2. The lowest BCUT2D eigenvalue weighted by atomic mass is 10.2. The summed E-state index contributed by atoms with van der Waals surface area (Å²) in [4.78, 5) is 14.8. The van der Waals surface area contributed by atoms with Gasteiger partial charge in [0.1, 0.15) is 10.5 Å². The lowest BCUT2D eigenvalue weighted by Gasteiger charge is -2.19. The van der Waals surface area contributed by atoms with Gasteiger partial charge in [0, 0.05) is 9.35 Å². The van der Waals surface area contributed by atoms with Gasteiger partial charge in [0.2, 0.25) is 0 Å². The molecule has 2 N–H and O–H groups in total. The second kappa shape index (κ2) is 6.02. The molecule has 21 heavy (non-hydrogen) atoms. The average molecular weight is 453 g/mol. The Labute approximate surface area is 148 Å². The zero-order valence-electron chi connectivity index (χ0n) is 12.0. The van der Waals surface area contributed by atoms with Crippen molar-refractivity contribution < 1.29 is 9.53 Å². The Kier molecular flexibility index (Phi) is 4.87. The minimum atomic E-state index is -0.531. The zero-order chi connectivity index (χ0) is 15.9. The number of ether oxygens (including phenoxy) is 1. The van der Waals surface area contributed by atoms with E-state index < -0.39 is 5.60 Å². The van der Waals surface area contributed by atoms with Crippen molar-refractivity contribution in [2.45, 2.75) is 33.3 Å². The fourth-order valence-electron chi connectivity index (χ4n) is 1.70. The molecule has 0 aliphatic rings. The van der Waals surface area contributed by atoms with Crippen LogP contribution in [0.25, 0.3) is 9.75 Å². The Morgan fingerprint density at radius 3 is 2.38 bits per heavy atom. The number of hydrogen-bond acceptors (Lipinski definition) is 5. The van der Waals surface area contributed by atoms with Crippen molar-refractivity contribution in [3.05, 3.63) is 24.8 Å². The summed E-state index contributed by atoms with van der Waals surface area (Å²) in [5.41, 5.74) is 6.99. The van der Waals surface area contributed by atoms with E-state index in [1.807, 2.05) is 33.8 Å². The molecule has 0 unspecified atom stereocenters. The van der Waals surface area contributed by atoms with Crippen LogP contribution in [0.3, 0.4) is 0 Å². The van der Waals surface area contributed by atoms with Gasteiger partial charge in [-0.3, -0.25) is 0 Å². The smallest absolute Gasteiger partial charge is 0.351 e. The van der Waals surface area contributed by atoms with Gasteiger partial charge in [-0.25, -0.2) is 4.79 Å². The van der Waals surface area contributed by atoms with E-state index in [4.69, 9.17) is 10.5 Å². The second-order valence-electron chi connectivity index (χ2n) is 5.53. The highest BCUT2D eigenvalue weighted by Crippen LogP contribution is 2.45. The Morgan fingerprint density at radius 1 is 1.29 bits per heavy atom. The van der Waals surface area contributed by atoms with Gasteiger partial charge < -0.3 is 10.5 Å². The highest BCUT2D eigenvalue weighted by atomic mass is 79.9. The van der Waals surface area contributed by atoms with Crippen LogP contribution in [-0.2, 0) is 4.74 Å². The molecule has 7 heteroatoms. The number of carbonyl (C=O) groups is 1. The highest BCUT2D eigenvalue weighted by molar-refractivity contribution is 9.13. The topological polar surface area (TPSA) is 52.3 Å². The lowest BCUT2D eigenvalue weighted by molar-refractivity contribution is 0.00763. The van der Waals surface area contributed by atoms with Gasteiger partial charge in [-0.05, 0) is 71.2 Å². The number of nitrogen functional groups attached to an aromatic ring is 1. The molecule has 3 nitrogen and oxygen atoms in total.